The van der Waals surface area contributed by atoms with Crippen molar-refractivity contribution in [3.05, 3.63) is 59.9 Å². The number of carbonyl (C=O) groups excluding carboxylic acids is 2. The normalized spacial score (nSPS) is 10.3. The molecule has 1 N–H and O–H groups in total. The average Bonchev–Trinajstić information content (AvgIpc) is 2.65. The summed E-state index contributed by atoms with van der Waals surface area (Å²) in [5.41, 5.74) is 0.978. The third kappa shape index (κ3) is 5.95. The van der Waals surface area contributed by atoms with Crippen LogP contribution in [0.5, 0.6) is 0 Å². The summed E-state index contributed by atoms with van der Waals surface area (Å²) in [6, 6.07) is 5.91. The molecular formula is C18H21FN4O2. The summed E-state index contributed by atoms with van der Waals surface area (Å²) in [5, 5.41) is 2.78. The molecule has 0 fully saturated rings. The van der Waals surface area contributed by atoms with E-state index in [1.807, 2.05) is 6.92 Å². The minimum absolute atomic E-state index is 0.113. The van der Waals surface area contributed by atoms with Gasteiger partial charge in [-0.05, 0) is 24.1 Å². The summed E-state index contributed by atoms with van der Waals surface area (Å²) in [6.45, 7) is 3.08. The van der Waals surface area contributed by atoms with Crippen molar-refractivity contribution >= 4 is 11.8 Å². The van der Waals surface area contributed by atoms with Gasteiger partial charge in [0, 0.05) is 38.4 Å². The van der Waals surface area contributed by atoms with Gasteiger partial charge in [-0.1, -0.05) is 19.1 Å². The van der Waals surface area contributed by atoms with E-state index in [-0.39, 0.29) is 42.8 Å². The summed E-state index contributed by atoms with van der Waals surface area (Å²) in [7, 11) is 0. The second-order valence-electron chi connectivity index (χ2n) is 5.54. The third-order valence-electron chi connectivity index (χ3n) is 3.54. The van der Waals surface area contributed by atoms with Crippen LogP contribution in [0.3, 0.4) is 0 Å². The van der Waals surface area contributed by atoms with Crippen LogP contribution in [0.15, 0.2) is 42.9 Å². The van der Waals surface area contributed by atoms with Gasteiger partial charge in [0.15, 0.2) is 0 Å². The SMILES string of the molecule is CCCNC(=O)CCN(Cc1ccc(F)cc1)C(=O)c1cnccn1. The van der Waals surface area contributed by atoms with Crippen molar-refractivity contribution in [3.63, 3.8) is 0 Å². The minimum atomic E-state index is -0.338. The van der Waals surface area contributed by atoms with Gasteiger partial charge < -0.3 is 10.2 Å². The molecule has 0 aliphatic carbocycles. The highest BCUT2D eigenvalue weighted by atomic mass is 19.1. The fraction of sp³-hybridized carbons (Fsp3) is 0.333. The Kier molecular flexibility index (Phi) is 7.00. The predicted molar refractivity (Wildman–Crippen MR) is 91.1 cm³/mol. The number of hydrogen-bond acceptors (Lipinski definition) is 4. The van der Waals surface area contributed by atoms with Crippen LogP contribution < -0.4 is 5.32 Å². The Balaban J connectivity index is 2.08. The van der Waals surface area contributed by atoms with E-state index in [4.69, 9.17) is 0 Å². The van der Waals surface area contributed by atoms with E-state index in [0.29, 0.717) is 6.54 Å². The van der Waals surface area contributed by atoms with Crippen LogP contribution in [0, 0.1) is 5.82 Å². The molecule has 0 bridgehead atoms. The van der Waals surface area contributed by atoms with E-state index in [1.165, 1.54) is 35.6 Å². The third-order valence-corrected chi connectivity index (χ3v) is 3.54. The van der Waals surface area contributed by atoms with Crippen molar-refractivity contribution < 1.29 is 14.0 Å². The van der Waals surface area contributed by atoms with Gasteiger partial charge in [-0.2, -0.15) is 0 Å². The van der Waals surface area contributed by atoms with Gasteiger partial charge in [0.05, 0.1) is 6.20 Å². The number of rotatable bonds is 8. The molecule has 1 aromatic heterocycles. The number of carbonyl (C=O) groups is 2. The molecule has 0 radical (unpaired) electrons. The smallest absolute Gasteiger partial charge is 0.274 e. The van der Waals surface area contributed by atoms with E-state index in [9.17, 15) is 14.0 Å². The number of nitrogens with one attached hydrogen (secondary N) is 1. The largest absolute Gasteiger partial charge is 0.356 e. The molecule has 0 aliphatic heterocycles. The first-order valence-electron chi connectivity index (χ1n) is 8.16. The van der Waals surface area contributed by atoms with Gasteiger partial charge in [-0.25, -0.2) is 9.37 Å². The first kappa shape index (κ1) is 18.5. The number of nitrogens with zero attached hydrogens (tertiary/aromatic N) is 3. The van der Waals surface area contributed by atoms with Gasteiger partial charge in [0.1, 0.15) is 11.5 Å². The molecule has 25 heavy (non-hydrogen) atoms. The summed E-state index contributed by atoms with van der Waals surface area (Å²) < 4.78 is 13.1. The van der Waals surface area contributed by atoms with Crippen molar-refractivity contribution in [1.29, 1.82) is 0 Å². The van der Waals surface area contributed by atoms with Gasteiger partial charge in [-0.3, -0.25) is 14.6 Å². The lowest BCUT2D eigenvalue weighted by Gasteiger charge is -2.22. The summed E-state index contributed by atoms with van der Waals surface area (Å²) >= 11 is 0. The second-order valence-corrected chi connectivity index (χ2v) is 5.54. The molecule has 0 saturated heterocycles. The molecule has 7 heteroatoms. The minimum Gasteiger partial charge on any atom is -0.356 e. The van der Waals surface area contributed by atoms with Crippen LogP contribution in [0.1, 0.15) is 35.8 Å². The summed E-state index contributed by atoms with van der Waals surface area (Å²) in [5.74, 6) is -0.770. The first-order chi connectivity index (χ1) is 12.1. The molecule has 2 rings (SSSR count). The number of hydrogen-bond donors (Lipinski definition) is 1. The van der Waals surface area contributed by atoms with Gasteiger partial charge in [0.25, 0.3) is 5.91 Å². The van der Waals surface area contributed by atoms with Crippen molar-refractivity contribution in [2.45, 2.75) is 26.3 Å². The van der Waals surface area contributed by atoms with E-state index in [0.717, 1.165) is 12.0 Å². The zero-order valence-electron chi connectivity index (χ0n) is 14.1. The van der Waals surface area contributed by atoms with Gasteiger partial charge in [0.2, 0.25) is 5.91 Å². The van der Waals surface area contributed by atoms with Crippen LogP contribution in [-0.4, -0.2) is 39.8 Å². The zero-order chi connectivity index (χ0) is 18.1. The van der Waals surface area contributed by atoms with E-state index >= 15 is 0 Å². The highest BCUT2D eigenvalue weighted by Gasteiger charge is 2.18. The van der Waals surface area contributed by atoms with Crippen molar-refractivity contribution in [2.24, 2.45) is 0 Å². The van der Waals surface area contributed by atoms with E-state index in [1.54, 1.807) is 12.1 Å². The Morgan fingerprint density at radius 1 is 1.20 bits per heavy atom. The number of amides is 2. The molecule has 0 saturated carbocycles. The van der Waals surface area contributed by atoms with Crippen LogP contribution in [0.2, 0.25) is 0 Å². The zero-order valence-corrected chi connectivity index (χ0v) is 14.1. The molecule has 0 aliphatic rings. The molecule has 1 heterocycles. The number of aromatic nitrogens is 2. The van der Waals surface area contributed by atoms with Gasteiger partial charge >= 0.3 is 0 Å². The molecule has 132 valence electrons. The molecule has 0 spiro atoms. The predicted octanol–water partition coefficient (Wildman–Crippen LogP) is 2.17. The lowest BCUT2D eigenvalue weighted by Crippen LogP contribution is -2.35. The van der Waals surface area contributed by atoms with Gasteiger partial charge in [-0.15, -0.1) is 0 Å². The van der Waals surface area contributed by atoms with E-state index in [2.05, 4.69) is 15.3 Å². The molecule has 0 unspecified atom stereocenters. The van der Waals surface area contributed by atoms with Crippen LogP contribution in [0.25, 0.3) is 0 Å². The standard InChI is InChI=1S/C18H21FN4O2/c1-2-8-22-17(24)7-11-23(13-14-3-5-15(19)6-4-14)18(25)16-12-20-9-10-21-16/h3-6,9-10,12H,2,7-8,11,13H2,1H3,(H,22,24). The van der Waals surface area contributed by atoms with Crippen LogP contribution >= 0.6 is 0 Å². The quantitative estimate of drug-likeness (QED) is 0.796. The highest BCUT2D eigenvalue weighted by Crippen LogP contribution is 2.10. The first-order valence-corrected chi connectivity index (χ1v) is 8.16. The maximum Gasteiger partial charge on any atom is 0.274 e. The lowest BCUT2D eigenvalue weighted by atomic mass is 10.2. The fourth-order valence-electron chi connectivity index (χ4n) is 2.22. The molecule has 6 nitrogen and oxygen atoms in total. The Morgan fingerprint density at radius 3 is 2.60 bits per heavy atom. The van der Waals surface area contributed by atoms with Crippen molar-refractivity contribution in [3.8, 4) is 0 Å². The summed E-state index contributed by atoms with van der Waals surface area (Å²) in [6.07, 6.45) is 5.35. The second kappa shape index (κ2) is 9.46. The van der Waals surface area contributed by atoms with Crippen LogP contribution in [0.4, 0.5) is 4.39 Å². The maximum atomic E-state index is 13.1. The molecular weight excluding hydrogens is 323 g/mol. The Bertz CT molecular complexity index is 692. The topological polar surface area (TPSA) is 75.2 Å². The Labute approximate surface area is 146 Å². The number of halogens is 1. The van der Waals surface area contributed by atoms with E-state index < -0.39 is 0 Å². The highest BCUT2D eigenvalue weighted by molar-refractivity contribution is 5.92. The molecule has 2 amide bonds. The maximum absolute atomic E-state index is 13.1. The molecule has 2 aromatic rings. The average molecular weight is 344 g/mol. The lowest BCUT2D eigenvalue weighted by molar-refractivity contribution is -0.121. The summed E-state index contributed by atoms with van der Waals surface area (Å²) in [4.78, 5) is 33.9. The fourth-order valence-corrected chi connectivity index (χ4v) is 2.22. The Hall–Kier alpha value is -2.83. The number of benzene rings is 1. The Morgan fingerprint density at radius 2 is 1.96 bits per heavy atom. The van der Waals surface area contributed by atoms with Crippen LogP contribution in [-0.2, 0) is 11.3 Å². The van der Waals surface area contributed by atoms with Crippen molar-refractivity contribution in [2.75, 3.05) is 13.1 Å². The monoisotopic (exact) mass is 344 g/mol. The molecule has 0 atom stereocenters. The van der Waals surface area contributed by atoms with Crippen molar-refractivity contribution in [1.82, 2.24) is 20.2 Å². The molecule has 1 aromatic carbocycles.